The van der Waals surface area contributed by atoms with E-state index in [1.807, 2.05) is 14.1 Å². The fraction of sp³-hybridized carbons (Fsp3) is 0.895. The number of hydrogen-bond donors (Lipinski definition) is 2. The first-order valence-corrected chi connectivity index (χ1v) is 9.52. The Bertz CT molecular complexity index is 380. The molecule has 5 nitrogen and oxygen atoms in total. The summed E-state index contributed by atoms with van der Waals surface area (Å²) in [6.07, 6.45) is 7.54. The van der Waals surface area contributed by atoms with Gasteiger partial charge in [-0.25, -0.2) is 0 Å². The van der Waals surface area contributed by atoms with Gasteiger partial charge in [0.25, 0.3) is 0 Å². The van der Waals surface area contributed by atoms with Crippen LogP contribution in [0.25, 0.3) is 0 Å². The fourth-order valence-electron chi connectivity index (χ4n) is 3.53. The molecule has 2 unspecified atom stereocenters. The minimum absolute atomic E-state index is 0.0116. The Kier molecular flexibility index (Phi) is 9.34. The summed E-state index contributed by atoms with van der Waals surface area (Å²) in [6, 6.07) is -0.358. The Morgan fingerprint density at radius 3 is 2.21 bits per heavy atom. The van der Waals surface area contributed by atoms with E-state index in [4.69, 9.17) is 0 Å². The molecule has 1 saturated carbocycles. The highest BCUT2D eigenvalue weighted by Crippen LogP contribution is 2.26. The van der Waals surface area contributed by atoms with Crippen LogP contribution < -0.4 is 10.6 Å². The van der Waals surface area contributed by atoms with Gasteiger partial charge in [-0.2, -0.15) is 0 Å². The Hall–Kier alpha value is -1.10. The van der Waals surface area contributed by atoms with E-state index in [0.29, 0.717) is 18.3 Å². The molecule has 0 aromatic rings. The van der Waals surface area contributed by atoms with Crippen molar-refractivity contribution in [1.29, 1.82) is 0 Å². The van der Waals surface area contributed by atoms with Gasteiger partial charge in [0.15, 0.2) is 0 Å². The van der Waals surface area contributed by atoms with Crippen LogP contribution in [0.5, 0.6) is 0 Å². The monoisotopic (exact) mass is 339 g/mol. The second-order valence-electron chi connectivity index (χ2n) is 8.09. The molecular formula is C19H37N3O2. The molecule has 1 rings (SSSR count). The minimum Gasteiger partial charge on any atom is -0.350 e. The molecule has 1 fully saturated rings. The third-order valence-corrected chi connectivity index (χ3v) is 4.66. The highest BCUT2D eigenvalue weighted by atomic mass is 16.2. The topological polar surface area (TPSA) is 61.4 Å². The van der Waals surface area contributed by atoms with Gasteiger partial charge in [-0.05, 0) is 52.1 Å². The first kappa shape index (κ1) is 20.9. The molecule has 0 bridgehead atoms. The highest BCUT2D eigenvalue weighted by Gasteiger charge is 2.22. The van der Waals surface area contributed by atoms with Crippen LogP contribution in [0.3, 0.4) is 0 Å². The smallest absolute Gasteiger partial charge is 0.242 e. The Balaban J connectivity index is 2.41. The molecule has 0 aromatic heterocycles. The molecule has 1 aliphatic carbocycles. The maximum absolute atomic E-state index is 12.4. The van der Waals surface area contributed by atoms with Crippen LogP contribution in [-0.2, 0) is 9.59 Å². The van der Waals surface area contributed by atoms with Crippen LogP contribution in [0.2, 0.25) is 0 Å². The van der Waals surface area contributed by atoms with Gasteiger partial charge in [0.1, 0.15) is 6.04 Å². The number of nitrogens with one attached hydrogen (secondary N) is 2. The van der Waals surface area contributed by atoms with Gasteiger partial charge in [0.05, 0.1) is 0 Å². The number of carbonyl (C=O) groups is 2. The zero-order valence-corrected chi connectivity index (χ0v) is 16.2. The van der Waals surface area contributed by atoms with E-state index in [-0.39, 0.29) is 17.9 Å². The van der Waals surface area contributed by atoms with Crippen LogP contribution in [0.4, 0.5) is 0 Å². The van der Waals surface area contributed by atoms with Crippen molar-refractivity contribution in [3.63, 3.8) is 0 Å². The summed E-state index contributed by atoms with van der Waals surface area (Å²) in [6.45, 7) is 6.90. The lowest BCUT2D eigenvalue weighted by molar-refractivity contribution is -0.129. The van der Waals surface area contributed by atoms with E-state index >= 15 is 0 Å². The molecule has 0 aromatic carbocycles. The summed E-state index contributed by atoms with van der Waals surface area (Å²) in [5.74, 6) is 0.944. The largest absolute Gasteiger partial charge is 0.350 e. The van der Waals surface area contributed by atoms with Crippen molar-refractivity contribution in [3.8, 4) is 0 Å². The Labute approximate surface area is 147 Å². The zero-order valence-electron chi connectivity index (χ0n) is 16.2. The van der Waals surface area contributed by atoms with Crippen LogP contribution in [-0.4, -0.2) is 49.4 Å². The van der Waals surface area contributed by atoms with E-state index in [0.717, 1.165) is 25.8 Å². The van der Waals surface area contributed by atoms with Crippen molar-refractivity contribution in [1.82, 2.24) is 15.5 Å². The Morgan fingerprint density at radius 2 is 1.67 bits per heavy atom. The first-order chi connectivity index (χ1) is 11.3. The maximum Gasteiger partial charge on any atom is 0.242 e. The minimum atomic E-state index is -0.474. The normalized spacial score (nSPS) is 18.5. The lowest BCUT2D eigenvalue weighted by Gasteiger charge is -2.26. The second-order valence-corrected chi connectivity index (χ2v) is 8.09. The number of amides is 2. The van der Waals surface area contributed by atoms with Gasteiger partial charge in [-0.1, -0.05) is 33.1 Å². The molecule has 0 heterocycles. The zero-order chi connectivity index (χ0) is 18.1. The van der Waals surface area contributed by atoms with E-state index in [1.165, 1.54) is 19.3 Å². The molecule has 140 valence electrons. The molecule has 5 heteroatoms. The maximum atomic E-state index is 12.4. The summed E-state index contributed by atoms with van der Waals surface area (Å²) in [5, 5.41) is 5.97. The van der Waals surface area contributed by atoms with Gasteiger partial charge in [0.2, 0.25) is 11.8 Å². The Morgan fingerprint density at radius 1 is 1.04 bits per heavy atom. The average molecular weight is 340 g/mol. The van der Waals surface area contributed by atoms with Crippen LogP contribution >= 0.6 is 0 Å². The molecule has 0 radical (unpaired) electrons. The van der Waals surface area contributed by atoms with Gasteiger partial charge >= 0.3 is 0 Å². The standard InChI is InChI=1S/C19H37N3O2/c1-14(2)11-17(13-22(4)5)21-19(24)15(3)20-18(23)12-16-9-7-6-8-10-16/h14-17H,6-13H2,1-5H3,(H,20,23)(H,21,24). The molecule has 1 aliphatic rings. The molecule has 2 atom stereocenters. The summed E-state index contributed by atoms with van der Waals surface area (Å²) in [7, 11) is 4.02. The molecule has 2 N–H and O–H groups in total. The van der Waals surface area contributed by atoms with Crippen molar-refractivity contribution in [3.05, 3.63) is 0 Å². The fourth-order valence-corrected chi connectivity index (χ4v) is 3.53. The van der Waals surface area contributed by atoms with E-state index in [1.54, 1.807) is 6.92 Å². The lowest BCUT2D eigenvalue weighted by atomic mass is 9.87. The molecule has 0 spiro atoms. The number of carbonyl (C=O) groups excluding carboxylic acids is 2. The number of likely N-dealkylation sites (N-methyl/N-ethyl adjacent to an activating group) is 1. The number of rotatable bonds is 9. The summed E-state index contributed by atoms with van der Waals surface area (Å²) >= 11 is 0. The average Bonchev–Trinajstić information content (AvgIpc) is 2.46. The predicted molar refractivity (Wildman–Crippen MR) is 98.7 cm³/mol. The van der Waals surface area contributed by atoms with E-state index in [9.17, 15) is 9.59 Å². The molecule has 2 amide bonds. The van der Waals surface area contributed by atoms with Crippen molar-refractivity contribution >= 4 is 11.8 Å². The molecular weight excluding hydrogens is 302 g/mol. The van der Waals surface area contributed by atoms with Crippen LogP contribution in [0.1, 0.15) is 65.7 Å². The summed E-state index contributed by atoms with van der Waals surface area (Å²) in [5.41, 5.74) is 0. The van der Waals surface area contributed by atoms with Crippen molar-refractivity contribution < 1.29 is 9.59 Å². The van der Waals surface area contributed by atoms with Gasteiger partial charge in [-0.3, -0.25) is 9.59 Å². The van der Waals surface area contributed by atoms with Gasteiger partial charge in [0, 0.05) is 19.0 Å². The van der Waals surface area contributed by atoms with Crippen molar-refractivity contribution in [2.24, 2.45) is 11.8 Å². The molecule has 0 aliphatic heterocycles. The second kappa shape index (κ2) is 10.7. The molecule has 24 heavy (non-hydrogen) atoms. The predicted octanol–water partition coefficient (Wildman–Crippen LogP) is 2.55. The van der Waals surface area contributed by atoms with Crippen LogP contribution in [0, 0.1) is 11.8 Å². The van der Waals surface area contributed by atoms with Gasteiger partial charge < -0.3 is 15.5 Å². The van der Waals surface area contributed by atoms with Crippen molar-refractivity contribution in [2.45, 2.75) is 77.8 Å². The van der Waals surface area contributed by atoms with E-state index in [2.05, 4.69) is 29.4 Å². The molecule has 0 saturated heterocycles. The van der Waals surface area contributed by atoms with Crippen molar-refractivity contribution in [2.75, 3.05) is 20.6 Å². The quantitative estimate of drug-likeness (QED) is 0.679. The number of hydrogen-bond acceptors (Lipinski definition) is 3. The van der Waals surface area contributed by atoms with E-state index < -0.39 is 6.04 Å². The van der Waals surface area contributed by atoms with Crippen LogP contribution in [0.15, 0.2) is 0 Å². The van der Waals surface area contributed by atoms with Gasteiger partial charge in [-0.15, -0.1) is 0 Å². The third kappa shape index (κ3) is 8.67. The number of nitrogens with zero attached hydrogens (tertiary/aromatic N) is 1. The SMILES string of the molecule is CC(C)CC(CN(C)C)NC(=O)C(C)NC(=O)CC1CCCCC1. The highest BCUT2D eigenvalue weighted by molar-refractivity contribution is 5.87. The summed E-state index contributed by atoms with van der Waals surface area (Å²) in [4.78, 5) is 26.7. The lowest BCUT2D eigenvalue weighted by Crippen LogP contribution is -2.51. The first-order valence-electron chi connectivity index (χ1n) is 9.52. The summed E-state index contributed by atoms with van der Waals surface area (Å²) < 4.78 is 0. The third-order valence-electron chi connectivity index (χ3n) is 4.66.